The summed E-state index contributed by atoms with van der Waals surface area (Å²) in [6.45, 7) is 3.34. The SMILES string of the molecule is Cc1cc(Cl)ccc1NC(=O)c1c(C)nc2ccc(C(F)(F)F)cn12. The summed E-state index contributed by atoms with van der Waals surface area (Å²) < 4.78 is 40.0. The minimum absolute atomic E-state index is 0.0513. The van der Waals surface area contributed by atoms with Crippen molar-refractivity contribution in [2.75, 3.05) is 5.32 Å². The first kappa shape index (κ1) is 17.3. The van der Waals surface area contributed by atoms with Gasteiger partial charge in [-0.1, -0.05) is 11.6 Å². The number of alkyl halides is 3. The van der Waals surface area contributed by atoms with Crippen molar-refractivity contribution < 1.29 is 18.0 Å². The molecule has 4 nitrogen and oxygen atoms in total. The number of anilines is 1. The van der Waals surface area contributed by atoms with Gasteiger partial charge in [0.15, 0.2) is 0 Å². The number of nitrogens with one attached hydrogen (secondary N) is 1. The number of carbonyl (C=O) groups is 1. The van der Waals surface area contributed by atoms with Gasteiger partial charge in [0, 0.05) is 16.9 Å². The van der Waals surface area contributed by atoms with Gasteiger partial charge in [-0.3, -0.25) is 9.20 Å². The van der Waals surface area contributed by atoms with Crippen LogP contribution < -0.4 is 5.32 Å². The highest BCUT2D eigenvalue weighted by molar-refractivity contribution is 6.30. The highest BCUT2D eigenvalue weighted by Gasteiger charge is 2.31. The first-order chi connectivity index (χ1) is 11.7. The molecule has 0 aliphatic carbocycles. The van der Waals surface area contributed by atoms with Crippen molar-refractivity contribution in [3.63, 3.8) is 0 Å². The second-order valence-corrected chi connectivity index (χ2v) is 6.04. The highest BCUT2D eigenvalue weighted by Crippen LogP contribution is 2.30. The van der Waals surface area contributed by atoms with Crippen LogP contribution in [0.3, 0.4) is 0 Å². The van der Waals surface area contributed by atoms with Gasteiger partial charge in [0.1, 0.15) is 11.3 Å². The van der Waals surface area contributed by atoms with E-state index in [9.17, 15) is 18.0 Å². The fourth-order valence-electron chi connectivity index (χ4n) is 2.55. The molecule has 0 atom stereocenters. The third kappa shape index (κ3) is 3.32. The monoisotopic (exact) mass is 367 g/mol. The van der Waals surface area contributed by atoms with Gasteiger partial charge in [0.25, 0.3) is 5.91 Å². The number of carbonyl (C=O) groups excluding carboxylic acids is 1. The van der Waals surface area contributed by atoms with Crippen molar-refractivity contribution in [1.29, 1.82) is 0 Å². The third-order valence-electron chi connectivity index (χ3n) is 3.77. The number of hydrogen-bond acceptors (Lipinski definition) is 2. The summed E-state index contributed by atoms with van der Waals surface area (Å²) in [5, 5.41) is 3.22. The minimum Gasteiger partial charge on any atom is -0.320 e. The molecule has 3 aromatic rings. The molecule has 130 valence electrons. The standard InChI is InChI=1S/C17H13ClF3N3O/c1-9-7-12(18)4-5-13(9)23-16(25)15-10(2)22-14-6-3-11(8-24(14)15)17(19,20)21/h3-8H,1-2H3,(H,23,25). The van der Waals surface area contributed by atoms with Crippen molar-refractivity contribution in [3.05, 3.63) is 64.1 Å². The molecule has 2 heterocycles. The van der Waals surface area contributed by atoms with Gasteiger partial charge in [-0.15, -0.1) is 0 Å². The zero-order valence-electron chi connectivity index (χ0n) is 13.3. The molecule has 0 unspecified atom stereocenters. The van der Waals surface area contributed by atoms with E-state index in [0.717, 1.165) is 22.2 Å². The van der Waals surface area contributed by atoms with Gasteiger partial charge < -0.3 is 5.32 Å². The topological polar surface area (TPSA) is 46.4 Å². The summed E-state index contributed by atoms with van der Waals surface area (Å²) in [5.74, 6) is -0.547. The fraction of sp³-hybridized carbons (Fsp3) is 0.176. The minimum atomic E-state index is -4.51. The maximum absolute atomic E-state index is 12.9. The average Bonchev–Trinajstić information content (AvgIpc) is 2.84. The van der Waals surface area contributed by atoms with E-state index in [4.69, 9.17) is 11.6 Å². The second-order valence-electron chi connectivity index (χ2n) is 5.60. The van der Waals surface area contributed by atoms with Crippen LogP contribution in [0.4, 0.5) is 18.9 Å². The van der Waals surface area contributed by atoms with Gasteiger partial charge in [-0.25, -0.2) is 4.98 Å². The number of aryl methyl sites for hydroxylation is 2. The van der Waals surface area contributed by atoms with Gasteiger partial charge >= 0.3 is 6.18 Å². The number of fused-ring (bicyclic) bond motifs is 1. The molecule has 2 aromatic heterocycles. The van der Waals surface area contributed by atoms with E-state index in [0.29, 0.717) is 16.4 Å². The Bertz CT molecular complexity index is 979. The van der Waals surface area contributed by atoms with Crippen LogP contribution in [-0.4, -0.2) is 15.3 Å². The first-order valence-corrected chi connectivity index (χ1v) is 7.68. The molecule has 0 radical (unpaired) electrons. The molecular weight excluding hydrogens is 355 g/mol. The number of rotatable bonds is 2. The summed E-state index contributed by atoms with van der Waals surface area (Å²) in [4.78, 5) is 16.8. The molecule has 3 rings (SSSR count). The van der Waals surface area contributed by atoms with E-state index in [1.807, 2.05) is 0 Å². The number of hydrogen-bond donors (Lipinski definition) is 1. The molecule has 0 fully saturated rings. The molecule has 1 aromatic carbocycles. The number of nitrogens with zero attached hydrogens (tertiary/aromatic N) is 2. The Morgan fingerprint density at radius 1 is 1.20 bits per heavy atom. The molecule has 8 heteroatoms. The van der Waals surface area contributed by atoms with Gasteiger partial charge in [0.2, 0.25) is 0 Å². The summed E-state index contributed by atoms with van der Waals surface area (Å²) in [5.41, 5.74) is 1.07. The van der Waals surface area contributed by atoms with Crippen LogP contribution in [0.15, 0.2) is 36.5 Å². The first-order valence-electron chi connectivity index (χ1n) is 7.30. The van der Waals surface area contributed by atoms with Crippen LogP contribution >= 0.6 is 11.6 Å². The lowest BCUT2D eigenvalue weighted by Crippen LogP contribution is -2.17. The normalized spacial score (nSPS) is 11.8. The summed E-state index contributed by atoms with van der Waals surface area (Å²) in [6, 6.07) is 7.11. The largest absolute Gasteiger partial charge is 0.417 e. The third-order valence-corrected chi connectivity index (χ3v) is 4.01. The number of halogens is 4. The van der Waals surface area contributed by atoms with E-state index in [2.05, 4.69) is 10.3 Å². The van der Waals surface area contributed by atoms with Gasteiger partial charge in [0.05, 0.1) is 11.3 Å². The number of pyridine rings is 1. The fourth-order valence-corrected chi connectivity index (χ4v) is 2.78. The van der Waals surface area contributed by atoms with Crippen molar-refractivity contribution in [2.45, 2.75) is 20.0 Å². The van der Waals surface area contributed by atoms with Crippen molar-refractivity contribution in [2.24, 2.45) is 0 Å². The second kappa shape index (κ2) is 6.07. The molecule has 0 spiro atoms. The van der Waals surface area contributed by atoms with Gasteiger partial charge in [-0.05, 0) is 49.7 Å². The smallest absolute Gasteiger partial charge is 0.320 e. The Kier molecular flexibility index (Phi) is 4.20. The molecule has 0 saturated heterocycles. The van der Waals surface area contributed by atoms with Crippen LogP contribution in [0.2, 0.25) is 5.02 Å². The van der Waals surface area contributed by atoms with E-state index in [1.165, 1.54) is 6.07 Å². The van der Waals surface area contributed by atoms with Crippen LogP contribution in [0.25, 0.3) is 5.65 Å². The predicted octanol–water partition coefficient (Wildman–Crippen LogP) is 4.88. The summed E-state index contributed by atoms with van der Waals surface area (Å²) >= 11 is 5.88. The molecule has 0 saturated carbocycles. The Labute approximate surface area is 146 Å². The van der Waals surface area contributed by atoms with Gasteiger partial charge in [-0.2, -0.15) is 13.2 Å². The van der Waals surface area contributed by atoms with Crippen LogP contribution in [-0.2, 0) is 6.18 Å². The quantitative estimate of drug-likeness (QED) is 0.702. The lowest BCUT2D eigenvalue weighted by molar-refractivity contribution is -0.137. The van der Waals surface area contributed by atoms with E-state index >= 15 is 0 Å². The lowest BCUT2D eigenvalue weighted by Gasteiger charge is -2.10. The molecule has 0 bridgehead atoms. The molecular formula is C17H13ClF3N3O. The van der Waals surface area contributed by atoms with Crippen LogP contribution in [0.1, 0.15) is 27.3 Å². The molecule has 1 N–H and O–H groups in total. The van der Waals surface area contributed by atoms with Crippen molar-refractivity contribution in [1.82, 2.24) is 9.38 Å². The average molecular weight is 368 g/mol. The Morgan fingerprint density at radius 3 is 2.56 bits per heavy atom. The molecule has 0 aliphatic rings. The predicted molar refractivity (Wildman–Crippen MR) is 89.1 cm³/mol. The number of amides is 1. The molecule has 1 amide bonds. The van der Waals surface area contributed by atoms with Crippen molar-refractivity contribution in [3.8, 4) is 0 Å². The van der Waals surface area contributed by atoms with E-state index in [1.54, 1.807) is 32.0 Å². The Balaban J connectivity index is 2.04. The summed E-state index contributed by atoms with van der Waals surface area (Å²) in [7, 11) is 0. The molecule has 25 heavy (non-hydrogen) atoms. The van der Waals surface area contributed by atoms with Crippen molar-refractivity contribution >= 4 is 28.8 Å². The van der Waals surface area contributed by atoms with Crippen LogP contribution in [0, 0.1) is 13.8 Å². The Hall–Kier alpha value is -2.54. The molecule has 0 aliphatic heterocycles. The maximum Gasteiger partial charge on any atom is 0.417 e. The number of aromatic nitrogens is 2. The lowest BCUT2D eigenvalue weighted by atomic mass is 10.2. The van der Waals surface area contributed by atoms with E-state index in [-0.39, 0.29) is 11.3 Å². The maximum atomic E-state index is 12.9. The van der Waals surface area contributed by atoms with Crippen LogP contribution in [0.5, 0.6) is 0 Å². The Morgan fingerprint density at radius 2 is 1.92 bits per heavy atom. The number of imidazole rings is 1. The zero-order valence-corrected chi connectivity index (χ0v) is 14.0. The summed E-state index contributed by atoms with van der Waals surface area (Å²) in [6.07, 6.45) is -3.63. The highest BCUT2D eigenvalue weighted by atomic mass is 35.5. The van der Waals surface area contributed by atoms with E-state index < -0.39 is 17.6 Å². The zero-order chi connectivity index (χ0) is 18.4. The number of benzene rings is 1.